The summed E-state index contributed by atoms with van der Waals surface area (Å²) in [6, 6.07) is 10.3. The average molecular weight is 331 g/mol. The molecule has 1 atom stereocenters. The lowest BCUT2D eigenvalue weighted by Crippen LogP contribution is -2.37. The molecule has 0 radical (unpaired) electrons. The molecule has 0 aliphatic heterocycles. The van der Waals surface area contributed by atoms with E-state index in [9.17, 15) is 4.79 Å². The zero-order chi connectivity index (χ0) is 16.1. The molecule has 0 bridgehead atoms. The number of aromatic nitrogens is 2. The van der Waals surface area contributed by atoms with Crippen molar-refractivity contribution >= 4 is 17.7 Å². The minimum atomic E-state index is -0.236. The number of hydrogen-bond acceptors (Lipinski definition) is 5. The highest BCUT2D eigenvalue weighted by molar-refractivity contribution is 8.00. The number of nitrogens with zero attached hydrogens (tertiary/aromatic N) is 2. The Balaban J connectivity index is 1.52. The van der Waals surface area contributed by atoms with Crippen LogP contribution in [-0.2, 0) is 11.2 Å². The summed E-state index contributed by atoms with van der Waals surface area (Å²) in [4.78, 5) is 12.2. The van der Waals surface area contributed by atoms with E-state index in [0.717, 1.165) is 18.4 Å². The van der Waals surface area contributed by atoms with Crippen molar-refractivity contribution in [2.24, 2.45) is 0 Å². The summed E-state index contributed by atoms with van der Waals surface area (Å²) in [5.74, 6) is 0.617. The van der Waals surface area contributed by atoms with Gasteiger partial charge in [-0.3, -0.25) is 4.79 Å². The molecule has 3 rings (SSSR count). The summed E-state index contributed by atoms with van der Waals surface area (Å²) >= 11 is 1.31. The third-order valence-corrected chi connectivity index (χ3v) is 4.93. The maximum Gasteiger partial charge on any atom is 0.277 e. The number of carbonyl (C=O) groups excluding carboxylic acids is 1. The molecule has 5 nitrogen and oxygen atoms in total. The molecule has 1 aliphatic carbocycles. The van der Waals surface area contributed by atoms with Crippen LogP contribution in [0.1, 0.15) is 44.1 Å². The SMILES string of the molecule is C[C@H](Sc1nnc(Cc2ccccc2)o1)C(=O)NC1CCCC1. The van der Waals surface area contributed by atoms with E-state index in [1.54, 1.807) is 0 Å². The molecule has 0 spiro atoms. The highest BCUT2D eigenvalue weighted by atomic mass is 32.2. The second kappa shape index (κ2) is 7.64. The second-order valence-corrected chi connectivity index (χ2v) is 7.17. The molecule has 6 heteroatoms. The highest BCUT2D eigenvalue weighted by Crippen LogP contribution is 2.24. The Kier molecular flexibility index (Phi) is 5.33. The van der Waals surface area contributed by atoms with Crippen molar-refractivity contribution in [2.45, 2.75) is 55.5 Å². The molecule has 0 unspecified atom stereocenters. The van der Waals surface area contributed by atoms with Crippen LogP contribution in [0.15, 0.2) is 40.0 Å². The van der Waals surface area contributed by atoms with Crippen molar-refractivity contribution in [3.8, 4) is 0 Å². The van der Waals surface area contributed by atoms with E-state index in [0.29, 0.717) is 23.6 Å². The van der Waals surface area contributed by atoms with Gasteiger partial charge in [0, 0.05) is 6.04 Å². The summed E-state index contributed by atoms with van der Waals surface area (Å²) in [5, 5.41) is 11.4. The van der Waals surface area contributed by atoms with Crippen LogP contribution in [0.2, 0.25) is 0 Å². The van der Waals surface area contributed by atoms with E-state index in [-0.39, 0.29) is 11.2 Å². The molecule has 1 aromatic carbocycles. The maximum atomic E-state index is 12.2. The number of nitrogens with one attached hydrogen (secondary N) is 1. The summed E-state index contributed by atoms with van der Waals surface area (Å²) in [6.45, 7) is 1.87. The first-order chi connectivity index (χ1) is 11.2. The zero-order valence-electron chi connectivity index (χ0n) is 13.2. The quantitative estimate of drug-likeness (QED) is 0.823. The molecule has 1 heterocycles. The van der Waals surface area contributed by atoms with Crippen LogP contribution in [0, 0.1) is 0 Å². The van der Waals surface area contributed by atoms with Gasteiger partial charge >= 0.3 is 0 Å². The fourth-order valence-corrected chi connectivity index (χ4v) is 3.43. The largest absolute Gasteiger partial charge is 0.416 e. The summed E-state index contributed by atoms with van der Waals surface area (Å²) in [7, 11) is 0. The van der Waals surface area contributed by atoms with E-state index >= 15 is 0 Å². The molecular formula is C17H21N3O2S. The molecule has 1 amide bonds. The minimum Gasteiger partial charge on any atom is -0.416 e. The number of carbonyl (C=O) groups is 1. The van der Waals surface area contributed by atoms with Crippen LogP contribution in [0.5, 0.6) is 0 Å². The predicted octanol–water partition coefficient (Wildman–Crippen LogP) is 3.20. The molecule has 0 saturated heterocycles. The third-order valence-electron chi connectivity index (χ3n) is 3.99. The number of rotatable bonds is 6. The van der Waals surface area contributed by atoms with Gasteiger partial charge in [0.25, 0.3) is 5.22 Å². The monoisotopic (exact) mass is 331 g/mol. The molecule has 1 aliphatic rings. The Morgan fingerprint density at radius 2 is 2.04 bits per heavy atom. The van der Waals surface area contributed by atoms with Gasteiger partial charge in [-0.05, 0) is 25.3 Å². The van der Waals surface area contributed by atoms with Crippen LogP contribution in [-0.4, -0.2) is 27.4 Å². The molecule has 122 valence electrons. The molecule has 1 aromatic heterocycles. The minimum absolute atomic E-state index is 0.0460. The van der Waals surface area contributed by atoms with E-state index < -0.39 is 0 Å². The van der Waals surface area contributed by atoms with E-state index in [2.05, 4.69) is 15.5 Å². The lowest BCUT2D eigenvalue weighted by atomic mass is 10.2. The number of hydrogen-bond donors (Lipinski definition) is 1. The first-order valence-corrected chi connectivity index (χ1v) is 8.92. The average Bonchev–Trinajstić information content (AvgIpc) is 3.20. The summed E-state index contributed by atoms with van der Waals surface area (Å²) < 4.78 is 5.64. The van der Waals surface area contributed by atoms with Gasteiger partial charge in [0.2, 0.25) is 11.8 Å². The topological polar surface area (TPSA) is 68.0 Å². The van der Waals surface area contributed by atoms with Crippen LogP contribution >= 0.6 is 11.8 Å². The second-order valence-electron chi connectivity index (χ2n) is 5.87. The lowest BCUT2D eigenvalue weighted by molar-refractivity contribution is -0.120. The van der Waals surface area contributed by atoms with Gasteiger partial charge in [0.15, 0.2) is 0 Å². The number of thioether (sulfide) groups is 1. The Morgan fingerprint density at radius 3 is 2.78 bits per heavy atom. The van der Waals surface area contributed by atoms with Gasteiger partial charge in [0.1, 0.15) is 0 Å². The van der Waals surface area contributed by atoms with Crippen LogP contribution < -0.4 is 5.32 Å². The first kappa shape index (κ1) is 16.1. The Labute approximate surface area is 140 Å². The van der Waals surface area contributed by atoms with Crippen molar-refractivity contribution < 1.29 is 9.21 Å². The number of amides is 1. The van der Waals surface area contributed by atoms with Crippen molar-refractivity contribution in [2.75, 3.05) is 0 Å². The zero-order valence-corrected chi connectivity index (χ0v) is 14.0. The molecule has 23 heavy (non-hydrogen) atoms. The van der Waals surface area contributed by atoms with Crippen LogP contribution in [0.4, 0.5) is 0 Å². The van der Waals surface area contributed by atoms with E-state index in [1.165, 1.54) is 24.6 Å². The van der Waals surface area contributed by atoms with Gasteiger partial charge in [-0.25, -0.2) is 0 Å². The van der Waals surface area contributed by atoms with Crippen molar-refractivity contribution in [1.29, 1.82) is 0 Å². The van der Waals surface area contributed by atoms with E-state index in [1.807, 2.05) is 37.3 Å². The van der Waals surface area contributed by atoms with Crippen molar-refractivity contribution in [1.82, 2.24) is 15.5 Å². The standard InChI is InChI=1S/C17H21N3O2S/c1-12(16(21)18-14-9-5-6-10-14)23-17-20-19-15(22-17)11-13-7-3-2-4-8-13/h2-4,7-8,12,14H,5-6,9-11H2,1H3,(H,18,21)/t12-/m0/s1. The van der Waals surface area contributed by atoms with Gasteiger partial charge in [-0.15, -0.1) is 10.2 Å². The van der Waals surface area contributed by atoms with Crippen molar-refractivity contribution in [3.05, 3.63) is 41.8 Å². The Morgan fingerprint density at radius 1 is 1.30 bits per heavy atom. The fourth-order valence-electron chi connectivity index (χ4n) is 2.72. The first-order valence-electron chi connectivity index (χ1n) is 8.04. The smallest absolute Gasteiger partial charge is 0.277 e. The van der Waals surface area contributed by atoms with Crippen LogP contribution in [0.3, 0.4) is 0 Å². The van der Waals surface area contributed by atoms with Gasteiger partial charge in [0.05, 0.1) is 11.7 Å². The van der Waals surface area contributed by atoms with Gasteiger partial charge in [-0.1, -0.05) is 54.9 Å². The van der Waals surface area contributed by atoms with E-state index in [4.69, 9.17) is 4.42 Å². The van der Waals surface area contributed by atoms with Gasteiger partial charge < -0.3 is 9.73 Å². The van der Waals surface area contributed by atoms with Crippen molar-refractivity contribution in [3.63, 3.8) is 0 Å². The molecule has 1 fully saturated rings. The normalized spacial score (nSPS) is 16.4. The molecule has 2 aromatic rings. The highest BCUT2D eigenvalue weighted by Gasteiger charge is 2.23. The maximum absolute atomic E-state index is 12.2. The molecular weight excluding hydrogens is 310 g/mol. The summed E-state index contributed by atoms with van der Waals surface area (Å²) in [6.07, 6.45) is 5.20. The fraction of sp³-hybridized carbons (Fsp3) is 0.471. The number of benzene rings is 1. The summed E-state index contributed by atoms with van der Waals surface area (Å²) in [5.41, 5.74) is 1.12. The van der Waals surface area contributed by atoms with Gasteiger partial charge in [-0.2, -0.15) is 0 Å². The third kappa shape index (κ3) is 4.58. The predicted molar refractivity (Wildman–Crippen MR) is 89.3 cm³/mol. The lowest BCUT2D eigenvalue weighted by Gasteiger charge is -2.14. The molecule has 1 N–H and O–H groups in total. The Hall–Kier alpha value is -1.82. The molecule has 1 saturated carbocycles. The van der Waals surface area contributed by atoms with Crippen LogP contribution in [0.25, 0.3) is 0 Å². The Bertz CT molecular complexity index is 638.